The van der Waals surface area contributed by atoms with E-state index < -0.39 is 7.14 Å². The topological polar surface area (TPSA) is 26.0 Å². The van der Waals surface area contributed by atoms with E-state index in [0.29, 0.717) is 6.29 Å². The molecule has 0 spiro atoms. The maximum Gasteiger partial charge on any atom is 0.378 e. The summed E-state index contributed by atoms with van der Waals surface area (Å²) in [7, 11) is 4.65. The first kappa shape index (κ1) is 11.4. The highest BCUT2D eigenvalue weighted by molar-refractivity contribution is 8.08. The van der Waals surface area contributed by atoms with Crippen molar-refractivity contribution in [2.75, 3.05) is 6.29 Å². The third kappa shape index (κ3) is 2.04. The molecule has 0 aliphatic rings. The molecule has 0 aromatic heterocycles. The second-order valence-electron chi connectivity index (χ2n) is 3.72. The first-order valence-corrected chi connectivity index (χ1v) is 7.29. The van der Waals surface area contributed by atoms with Crippen molar-refractivity contribution in [3.8, 4) is 0 Å². The Morgan fingerprint density at radius 2 is 1.19 bits per heavy atom. The van der Waals surface area contributed by atoms with Gasteiger partial charge < -0.3 is 0 Å². The van der Waals surface area contributed by atoms with Crippen molar-refractivity contribution in [1.29, 1.82) is 0 Å². The molecule has 3 heteroatoms. The molecule has 2 aromatic rings. The molecular formula is C13H14BNP+. The van der Waals surface area contributed by atoms with Crippen molar-refractivity contribution in [3.05, 3.63) is 60.7 Å². The van der Waals surface area contributed by atoms with E-state index in [1.807, 2.05) is 36.4 Å². The van der Waals surface area contributed by atoms with Crippen LogP contribution in [0.25, 0.3) is 0 Å². The molecular weight excluding hydrogens is 212 g/mol. The maximum atomic E-state index is 6.53. The van der Waals surface area contributed by atoms with E-state index in [1.54, 1.807) is 0 Å². The molecule has 78 valence electrons. The van der Waals surface area contributed by atoms with Crippen molar-refractivity contribution in [3.63, 3.8) is 0 Å². The minimum absolute atomic E-state index is 0.501. The molecule has 16 heavy (non-hydrogen) atoms. The molecule has 2 rings (SSSR count). The highest BCUT2D eigenvalue weighted by Crippen LogP contribution is 2.49. The van der Waals surface area contributed by atoms with Crippen molar-refractivity contribution < 1.29 is 0 Å². The first-order valence-electron chi connectivity index (χ1n) is 5.25. The van der Waals surface area contributed by atoms with Crippen molar-refractivity contribution in [2.45, 2.75) is 0 Å². The van der Waals surface area contributed by atoms with Gasteiger partial charge in [-0.2, -0.15) is 0 Å². The minimum Gasteiger partial charge on any atom is -0.300 e. The average Bonchev–Trinajstić information content (AvgIpc) is 2.40. The molecule has 2 radical (unpaired) electrons. The average molecular weight is 226 g/mol. The Morgan fingerprint density at radius 3 is 1.50 bits per heavy atom. The van der Waals surface area contributed by atoms with Crippen LogP contribution in [-0.4, -0.2) is 13.9 Å². The fourth-order valence-corrected chi connectivity index (χ4v) is 3.88. The second kappa shape index (κ2) is 4.82. The Kier molecular flexibility index (Phi) is 3.43. The number of nitrogens with two attached hydrogens (primary N) is 1. The number of rotatable bonds is 3. The van der Waals surface area contributed by atoms with Gasteiger partial charge in [0.05, 0.1) is 16.9 Å². The SMILES string of the molecule is [B][P+](CN)(c1ccccc1)c1ccccc1. The summed E-state index contributed by atoms with van der Waals surface area (Å²) in [4.78, 5) is 0. The maximum absolute atomic E-state index is 6.53. The largest absolute Gasteiger partial charge is 0.378 e. The van der Waals surface area contributed by atoms with Crippen LogP contribution >= 0.6 is 7.14 Å². The fraction of sp³-hybridized carbons (Fsp3) is 0.0769. The quantitative estimate of drug-likeness (QED) is 0.625. The lowest BCUT2D eigenvalue weighted by atomic mass is 10.4. The molecule has 0 saturated heterocycles. The van der Waals surface area contributed by atoms with Crippen LogP contribution in [0.15, 0.2) is 60.7 Å². The van der Waals surface area contributed by atoms with Gasteiger partial charge in [-0.15, -0.1) is 0 Å². The number of hydrogen-bond acceptors (Lipinski definition) is 1. The summed E-state index contributed by atoms with van der Waals surface area (Å²) >= 11 is 0. The molecule has 0 saturated carbocycles. The molecule has 0 aliphatic carbocycles. The summed E-state index contributed by atoms with van der Waals surface area (Å²) in [5.74, 6) is 0. The summed E-state index contributed by atoms with van der Waals surface area (Å²) in [6, 6.07) is 20.3. The van der Waals surface area contributed by atoms with Crippen LogP contribution in [0.3, 0.4) is 0 Å². The fourth-order valence-electron chi connectivity index (χ4n) is 1.75. The Balaban J connectivity index is 2.49. The Labute approximate surface area is 98.4 Å². The molecule has 2 N–H and O–H groups in total. The lowest BCUT2D eigenvalue weighted by Gasteiger charge is -2.21. The zero-order valence-corrected chi connectivity index (χ0v) is 9.98. The van der Waals surface area contributed by atoms with Crippen LogP contribution in [0, 0.1) is 0 Å². The van der Waals surface area contributed by atoms with Gasteiger partial charge in [0.15, 0.2) is 0 Å². The van der Waals surface area contributed by atoms with E-state index in [4.69, 9.17) is 13.3 Å². The van der Waals surface area contributed by atoms with Gasteiger partial charge in [0.2, 0.25) is 0 Å². The van der Waals surface area contributed by atoms with Crippen LogP contribution in [0.2, 0.25) is 0 Å². The lowest BCUT2D eigenvalue weighted by molar-refractivity contribution is 1.38. The number of hydrogen-bond donors (Lipinski definition) is 1. The summed E-state index contributed by atoms with van der Waals surface area (Å²) in [5.41, 5.74) is 5.90. The molecule has 0 heterocycles. The summed E-state index contributed by atoms with van der Waals surface area (Å²) in [6.07, 6.45) is 0.501. The predicted octanol–water partition coefficient (Wildman–Crippen LogP) is 1.65. The zero-order chi connectivity index (χ0) is 11.4. The van der Waals surface area contributed by atoms with Crippen molar-refractivity contribution in [2.24, 2.45) is 5.73 Å². The van der Waals surface area contributed by atoms with Crippen LogP contribution in [0.1, 0.15) is 0 Å². The standard InChI is InChI=1S/C13H14BNP/c14-16(11-15,12-7-3-1-4-8-12)13-9-5-2-6-10-13/h1-10H,11,15H2/q+1. The Bertz CT molecular complexity index is 405. The zero-order valence-electron chi connectivity index (χ0n) is 9.08. The van der Waals surface area contributed by atoms with E-state index in [0.717, 1.165) is 10.6 Å². The van der Waals surface area contributed by atoms with Crippen LogP contribution in [0.5, 0.6) is 0 Å². The first-order chi connectivity index (χ1) is 7.77. The van der Waals surface area contributed by atoms with Crippen LogP contribution < -0.4 is 16.3 Å². The van der Waals surface area contributed by atoms with Crippen LogP contribution in [0.4, 0.5) is 0 Å². The third-order valence-electron chi connectivity index (χ3n) is 2.72. The third-order valence-corrected chi connectivity index (χ3v) is 5.74. The van der Waals surface area contributed by atoms with Gasteiger partial charge in [-0.25, -0.2) is 0 Å². The Morgan fingerprint density at radius 1 is 0.812 bits per heavy atom. The Hall–Kier alpha value is -1.11. The van der Waals surface area contributed by atoms with Crippen LogP contribution in [-0.2, 0) is 0 Å². The molecule has 2 aromatic carbocycles. The molecule has 0 bridgehead atoms. The van der Waals surface area contributed by atoms with Gasteiger partial charge >= 0.3 is 7.57 Å². The van der Waals surface area contributed by atoms with Gasteiger partial charge in [0.25, 0.3) is 0 Å². The lowest BCUT2D eigenvalue weighted by Crippen LogP contribution is -2.28. The van der Waals surface area contributed by atoms with Gasteiger partial charge in [0.1, 0.15) is 0 Å². The highest BCUT2D eigenvalue weighted by atomic mass is 31.2. The van der Waals surface area contributed by atoms with Gasteiger partial charge in [-0.1, -0.05) is 36.4 Å². The van der Waals surface area contributed by atoms with Crippen molar-refractivity contribution in [1.82, 2.24) is 0 Å². The van der Waals surface area contributed by atoms with Crippen molar-refractivity contribution >= 4 is 25.3 Å². The van der Waals surface area contributed by atoms with E-state index in [1.165, 1.54) is 0 Å². The smallest absolute Gasteiger partial charge is 0.300 e. The summed E-state index contributed by atoms with van der Waals surface area (Å²) in [6.45, 7) is 0. The second-order valence-corrected chi connectivity index (χ2v) is 6.86. The monoisotopic (exact) mass is 226 g/mol. The van der Waals surface area contributed by atoms with Gasteiger partial charge in [0, 0.05) is 7.14 Å². The molecule has 0 atom stereocenters. The van der Waals surface area contributed by atoms with E-state index in [2.05, 4.69) is 24.3 Å². The molecule has 1 nitrogen and oxygen atoms in total. The molecule has 0 aliphatic heterocycles. The normalized spacial score (nSPS) is 11.3. The van der Waals surface area contributed by atoms with E-state index in [9.17, 15) is 0 Å². The van der Waals surface area contributed by atoms with E-state index in [-0.39, 0.29) is 0 Å². The summed E-state index contributed by atoms with van der Waals surface area (Å²) < 4.78 is 0. The summed E-state index contributed by atoms with van der Waals surface area (Å²) in [5, 5.41) is 2.31. The predicted molar refractivity (Wildman–Crippen MR) is 73.9 cm³/mol. The molecule has 0 unspecified atom stereocenters. The van der Waals surface area contributed by atoms with Gasteiger partial charge in [-0.05, 0) is 24.3 Å². The van der Waals surface area contributed by atoms with E-state index >= 15 is 0 Å². The number of benzene rings is 2. The minimum atomic E-state index is -1.88. The highest BCUT2D eigenvalue weighted by Gasteiger charge is 2.35. The molecule has 0 fully saturated rings. The van der Waals surface area contributed by atoms with Gasteiger partial charge in [-0.3, -0.25) is 5.73 Å². The molecule has 0 amide bonds.